The predicted octanol–water partition coefficient (Wildman–Crippen LogP) is 3.02. The van der Waals surface area contributed by atoms with Crippen molar-refractivity contribution < 1.29 is 14.6 Å². The molecule has 0 atom stereocenters. The first kappa shape index (κ1) is 15.5. The maximum atomic E-state index is 11.1. The van der Waals surface area contributed by atoms with Gasteiger partial charge in [-0.25, -0.2) is 4.79 Å². The minimum absolute atomic E-state index is 0.224. The van der Waals surface area contributed by atoms with Gasteiger partial charge in [-0.3, -0.25) is 0 Å². The number of carboxylic acids is 1. The van der Waals surface area contributed by atoms with Gasteiger partial charge in [0.25, 0.3) is 0 Å². The topological polar surface area (TPSA) is 49.8 Å². The van der Waals surface area contributed by atoms with Gasteiger partial charge in [-0.1, -0.05) is 25.8 Å². The number of unbranched alkanes of at least 4 members (excludes halogenated alkanes) is 2. The van der Waals surface area contributed by atoms with Crippen molar-refractivity contribution in [3.8, 4) is 5.75 Å². The predicted molar refractivity (Wildman–Crippen MR) is 75.8 cm³/mol. The van der Waals surface area contributed by atoms with E-state index in [1.165, 1.54) is 26.4 Å². The molecule has 0 unspecified atom stereocenters. The van der Waals surface area contributed by atoms with E-state index in [0.717, 1.165) is 18.7 Å². The number of benzene rings is 1. The van der Waals surface area contributed by atoms with E-state index in [4.69, 9.17) is 9.84 Å². The summed E-state index contributed by atoms with van der Waals surface area (Å²) >= 11 is 0. The van der Waals surface area contributed by atoms with E-state index in [1.807, 2.05) is 6.07 Å². The summed E-state index contributed by atoms with van der Waals surface area (Å²) in [5.74, 6) is -0.544. The second-order valence-corrected chi connectivity index (χ2v) is 4.78. The maximum Gasteiger partial charge on any atom is 0.339 e. The van der Waals surface area contributed by atoms with Gasteiger partial charge in [0.1, 0.15) is 11.3 Å². The Bertz CT molecular complexity index is 418. The minimum Gasteiger partial charge on any atom is -0.496 e. The van der Waals surface area contributed by atoms with Gasteiger partial charge in [0, 0.05) is 6.54 Å². The van der Waals surface area contributed by atoms with Crippen LogP contribution in [0.25, 0.3) is 0 Å². The molecule has 0 spiro atoms. The van der Waals surface area contributed by atoms with E-state index in [2.05, 4.69) is 18.9 Å². The van der Waals surface area contributed by atoms with Crippen LogP contribution < -0.4 is 4.74 Å². The van der Waals surface area contributed by atoms with Crippen LogP contribution in [0.15, 0.2) is 18.2 Å². The molecule has 1 aromatic rings. The van der Waals surface area contributed by atoms with Crippen molar-refractivity contribution in [3.63, 3.8) is 0 Å². The third-order valence-corrected chi connectivity index (χ3v) is 3.09. The molecule has 1 aromatic carbocycles. The summed E-state index contributed by atoms with van der Waals surface area (Å²) in [5.41, 5.74) is 1.22. The molecule has 0 saturated heterocycles. The van der Waals surface area contributed by atoms with Crippen LogP contribution in [0.1, 0.15) is 42.1 Å². The minimum atomic E-state index is -0.952. The number of aromatic carboxylic acids is 1. The highest BCUT2D eigenvalue weighted by Crippen LogP contribution is 2.20. The van der Waals surface area contributed by atoms with Crippen molar-refractivity contribution in [2.24, 2.45) is 0 Å². The molecule has 0 aliphatic carbocycles. The van der Waals surface area contributed by atoms with Gasteiger partial charge in [0.15, 0.2) is 0 Å². The first-order chi connectivity index (χ1) is 9.08. The van der Waals surface area contributed by atoms with Gasteiger partial charge in [0.05, 0.1) is 7.11 Å². The largest absolute Gasteiger partial charge is 0.496 e. The van der Waals surface area contributed by atoms with Crippen LogP contribution in [-0.2, 0) is 6.54 Å². The van der Waals surface area contributed by atoms with Crippen LogP contribution >= 0.6 is 0 Å². The molecule has 4 nitrogen and oxygen atoms in total. The Hall–Kier alpha value is -1.55. The summed E-state index contributed by atoms with van der Waals surface area (Å²) < 4.78 is 5.05. The first-order valence-electron chi connectivity index (χ1n) is 6.67. The molecular weight excluding hydrogens is 242 g/mol. The Morgan fingerprint density at radius 1 is 1.37 bits per heavy atom. The summed E-state index contributed by atoms with van der Waals surface area (Å²) in [6, 6.07) is 5.33. The Labute approximate surface area is 115 Å². The van der Waals surface area contributed by atoms with Crippen molar-refractivity contribution in [1.82, 2.24) is 4.90 Å². The van der Waals surface area contributed by atoms with Crippen molar-refractivity contribution in [2.75, 3.05) is 20.7 Å². The van der Waals surface area contributed by atoms with Crippen molar-refractivity contribution in [3.05, 3.63) is 29.3 Å². The quantitative estimate of drug-likeness (QED) is 0.734. The van der Waals surface area contributed by atoms with Crippen molar-refractivity contribution in [2.45, 2.75) is 32.7 Å². The third kappa shape index (κ3) is 4.91. The number of methoxy groups -OCH3 is 1. The van der Waals surface area contributed by atoms with Crippen LogP contribution in [0.2, 0.25) is 0 Å². The average molecular weight is 265 g/mol. The smallest absolute Gasteiger partial charge is 0.339 e. The third-order valence-electron chi connectivity index (χ3n) is 3.09. The lowest BCUT2D eigenvalue weighted by Gasteiger charge is -2.17. The zero-order valence-electron chi connectivity index (χ0n) is 12.0. The van der Waals surface area contributed by atoms with E-state index in [9.17, 15) is 4.79 Å². The van der Waals surface area contributed by atoms with Gasteiger partial charge >= 0.3 is 5.97 Å². The number of rotatable bonds is 8. The highest BCUT2D eigenvalue weighted by molar-refractivity contribution is 5.91. The van der Waals surface area contributed by atoms with Gasteiger partial charge in [-0.2, -0.15) is 0 Å². The van der Waals surface area contributed by atoms with Crippen molar-refractivity contribution >= 4 is 5.97 Å². The summed E-state index contributed by atoms with van der Waals surface area (Å²) in [6.45, 7) is 3.97. The van der Waals surface area contributed by atoms with Gasteiger partial charge in [-0.05, 0) is 37.7 Å². The van der Waals surface area contributed by atoms with Crippen LogP contribution in [-0.4, -0.2) is 36.7 Å². The fourth-order valence-corrected chi connectivity index (χ4v) is 2.04. The SMILES string of the molecule is CCCCCN(C)Cc1ccc(OC)c(C(=O)O)c1. The Morgan fingerprint density at radius 2 is 2.11 bits per heavy atom. The second kappa shape index (κ2) is 7.79. The van der Waals surface area contributed by atoms with E-state index < -0.39 is 5.97 Å². The molecule has 106 valence electrons. The maximum absolute atomic E-state index is 11.1. The standard InChI is InChI=1S/C15H23NO3/c1-4-5-6-9-16(2)11-12-7-8-14(19-3)13(10-12)15(17)18/h7-8,10H,4-6,9,11H2,1-3H3,(H,17,18). The van der Waals surface area contributed by atoms with Crippen LogP contribution in [0.3, 0.4) is 0 Å². The number of carboxylic acid groups (broad SMARTS) is 1. The molecule has 1 rings (SSSR count). The lowest BCUT2D eigenvalue weighted by molar-refractivity contribution is 0.0693. The Kier molecular flexibility index (Phi) is 6.36. The molecule has 19 heavy (non-hydrogen) atoms. The van der Waals surface area contributed by atoms with Gasteiger partial charge in [-0.15, -0.1) is 0 Å². The zero-order valence-corrected chi connectivity index (χ0v) is 12.0. The van der Waals surface area contributed by atoms with Crippen molar-refractivity contribution in [1.29, 1.82) is 0 Å². The molecule has 0 aliphatic rings. The normalized spacial score (nSPS) is 10.7. The van der Waals surface area contributed by atoms with Gasteiger partial charge in [0.2, 0.25) is 0 Å². The second-order valence-electron chi connectivity index (χ2n) is 4.78. The van der Waals surface area contributed by atoms with E-state index in [0.29, 0.717) is 5.75 Å². The fraction of sp³-hybridized carbons (Fsp3) is 0.533. The molecule has 1 N–H and O–H groups in total. The van der Waals surface area contributed by atoms with E-state index >= 15 is 0 Å². The molecule has 4 heteroatoms. The number of hydrogen-bond donors (Lipinski definition) is 1. The van der Waals surface area contributed by atoms with Crippen LogP contribution in [0.4, 0.5) is 0 Å². The monoisotopic (exact) mass is 265 g/mol. The average Bonchev–Trinajstić information content (AvgIpc) is 2.39. The number of nitrogens with zero attached hydrogens (tertiary/aromatic N) is 1. The molecular formula is C15H23NO3. The molecule has 0 fully saturated rings. The van der Waals surface area contributed by atoms with Crippen LogP contribution in [0, 0.1) is 0 Å². The lowest BCUT2D eigenvalue weighted by atomic mass is 10.1. The summed E-state index contributed by atoms with van der Waals surface area (Å²) in [4.78, 5) is 13.3. The molecule has 0 radical (unpaired) electrons. The Balaban J connectivity index is 2.68. The molecule has 0 amide bonds. The summed E-state index contributed by atoms with van der Waals surface area (Å²) in [6.07, 6.45) is 3.61. The molecule has 0 saturated carbocycles. The number of carbonyl (C=O) groups is 1. The summed E-state index contributed by atoms with van der Waals surface area (Å²) in [7, 11) is 3.54. The van der Waals surface area contributed by atoms with E-state index in [1.54, 1.807) is 12.1 Å². The highest BCUT2D eigenvalue weighted by Gasteiger charge is 2.12. The van der Waals surface area contributed by atoms with E-state index in [-0.39, 0.29) is 5.56 Å². The Morgan fingerprint density at radius 3 is 2.68 bits per heavy atom. The molecule has 0 aliphatic heterocycles. The fourth-order valence-electron chi connectivity index (χ4n) is 2.04. The van der Waals surface area contributed by atoms with Gasteiger partial charge < -0.3 is 14.7 Å². The number of hydrogen-bond acceptors (Lipinski definition) is 3. The zero-order chi connectivity index (χ0) is 14.3. The molecule has 0 aromatic heterocycles. The number of ether oxygens (including phenoxy) is 1. The van der Waals surface area contributed by atoms with Crippen LogP contribution in [0.5, 0.6) is 5.75 Å². The molecule has 0 bridgehead atoms. The highest BCUT2D eigenvalue weighted by atomic mass is 16.5. The lowest BCUT2D eigenvalue weighted by Crippen LogP contribution is -2.19. The first-order valence-corrected chi connectivity index (χ1v) is 6.67. The molecule has 0 heterocycles. The summed E-state index contributed by atoms with van der Waals surface area (Å²) in [5, 5.41) is 9.14.